The molecular formula is C18H16F2N4O3S2. The molecule has 0 spiro atoms. The summed E-state index contributed by atoms with van der Waals surface area (Å²) < 4.78 is 51.7. The van der Waals surface area contributed by atoms with Crippen LogP contribution < -0.4 is 5.73 Å². The average Bonchev–Trinajstić information content (AvgIpc) is 2.96. The molecule has 0 saturated carbocycles. The molecule has 0 unspecified atom stereocenters. The molecule has 4 rings (SSSR count). The molecule has 3 heterocycles. The van der Waals surface area contributed by atoms with E-state index in [-0.39, 0.29) is 28.8 Å². The highest BCUT2D eigenvalue weighted by atomic mass is 32.2. The standard InChI is InChI=1S/C18H16F2N4O3S2/c1-8-9(2)22-23-17-14(8)15(21)16(28-17)18(25)24-6-11(7-24)29(26,27)10-3-4-12(19)13(20)5-10/h3-5,11H,6-7,21H2,1-2H3. The largest absolute Gasteiger partial charge is 0.397 e. The van der Waals surface area contributed by atoms with E-state index in [9.17, 15) is 22.0 Å². The Kier molecular flexibility index (Phi) is 4.54. The second kappa shape index (κ2) is 6.70. The summed E-state index contributed by atoms with van der Waals surface area (Å²) in [4.78, 5) is 14.7. The molecule has 2 aromatic heterocycles. The van der Waals surface area contributed by atoms with Crippen molar-refractivity contribution in [2.24, 2.45) is 0 Å². The molecule has 1 fully saturated rings. The molecule has 0 radical (unpaired) electrons. The predicted molar refractivity (Wildman–Crippen MR) is 105 cm³/mol. The maximum Gasteiger partial charge on any atom is 0.266 e. The number of hydrogen-bond donors (Lipinski definition) is 1. The molecule has 7 nitrogen and oxygen atoms in total. The Labute approximate surface area is 169 Å². The lowest BCUT2D eigenvalue weighted by molar-refractivity contribution is 0.0665. The van der Waals surface area contributed by atoms with Gasteiger partial charge in [0.1, 0.15) is 15.0 Å². The Bertz CT molecular complexity index is 1270. The first-order valence-electron chi connectivity index (χ1n) is 8.61. The maximum atomic E-state index is 13.4. The fraction of sp³-hybridized carbons (Fsp3) is 0.278. The van der Waals surface area contributed by atoms with Crippen LogP contribution in [0.1, 0.15) is 20.9 Å². The molecule has 1 aromatic carbocycles. The van der Waals surface area contributed by atoms with Gasteiger partial charge in [0.2, 0.25) is 0 Å². The van der Waals surface area contributed by atoms with Crippen molar-refractivity contribution in [3.05, 3.63) is 46.0 Å². The zero-order valence-corrected chi connectivity index (χ0v) is 17.1. The molecule has 3 aromatic rings. The normalized spacial score (nSPS) is 15.0. The summed E-state index contributed by atoms with van der Waals surface area (Å²) in [5.74, 6) is -2.74. The number of likely N-dealkylation sites (tertiary alicyclic amines) is 1. The predicted octanol–water partition coefficient (Wildman–Crippen LogP) is 2.47. The Morgan fingerprint density at radius 1 is 1.21 bits per heavy atom. The second-order valence-corrected chi connectivity index (χ2v) is 10.1. The molecular weight excluding hydrogens is 422 g/mol. The summed E-state index contributed by atoms with van der Waals surface area (Å²) in [7, 11) is -3.89. The molecule has 0 bridgehead atoms. The lowest BCUT2D eigenvalue weighted by Gasteiger charge is -2.38. The van der Waals surface area contributed by atoms with Gasteiger partial charge in [-0.2, -0.15) is 5.10 Å². The number of nitrogens with two attached hydrogens (primary N) is 1. The van der Waals surface area contributed by atoms with E-state index < -0.39 is 26.7 Å². The molecule has 29 heavy (non-hydrogen) atoms. The molecule has 0 atom stereocenters. The van der Waals surface area contributed by atoms with Crippen molar-refractivity contribution in [1.29, 1.82) is 0 Å². The van der Waals surface area contributed by atoms with Crippen molar-refractivity contribution >= 4 is 43.0 Å². The van der Waals surface area contributed by atoms with E-state index in [1.54, 1.807) is 6.92 Å². The van der Waals surface area contributed by atoms with Gasteiger partial charge in [-0.1, -0.05) is 0 Å². The van der Waals surface area contributed by atoms with Crippen LogP contribution >= 0.6 is 11.3 Å². The Morgan fingerprint density at radius 3 is 2.55 bits per heavy atom. The minimum atomic E-state index is -3.89. The highest BCUT2D eigenvalue weighted by molar-refractivity contribution is 7.92. The number of thiophene rings is 1. The average molecular weight is 438 g/mol. The van der Waals surface area contributed by atoms with Crippen molar-refractivity contribution in [3.8, 4) is 0 Å². The SMILES string of the molecule is Cc1nnc2sc(C(=O)N3CC(S(=O)(=O)c4ccc(F)c(F)c4)C3)c(N)c2c1C. The van der Waals surface area contributed by atoms with Gasteiger partial charge in [0.05, 0.1) is 16.3 Å². The molecule has 11 heteroatoms. The van der Waals surface area contributed by atoms with Gasteiger partial charge in [-0.3, -0.25) is 4.79 Å². The minimum Gasteiger partial charge on any atom is -0.397 e. The summed E-state index contributed by atoms with van der Waals surface area (Å²) in [6, 6.07) is 2.45. The number of benzene rings is 1. The number of carbonyl (C=O) groups excluding carboxylic acids is 1. The number of nitrogens with zero attached hydrogens (tertiary/aromatic N) is 3. The fourth-order valence-corrected chi connectivity index (χ4v) is 5.92. The first kappa shape index (κ1) is 19.6. The summed E-state index contributed by atoms with van der Waals surface area (Å²) in [6.07, 6.45) is 0. The third kappa shape index (κ3) is 3.04. The van der Waals surface area contributed by atoms with Crippen LogP contribution in [0.3, 0.4) is 0 Å². The monoisotopic (exact) mass is 438 g/mol. The summed E-state index contributed by atoms with van der Waals surface area (Å²) >= 11 is 1.11. The zero-order chi connectivity index (χ0) is 21.1. The number of anilines is 1. The van der Waals surface area contributed by atoms with Crippen molar-refractivity contribution < 1.29 is 22.0 Å². The van der Waals surface area contributed by atoms with Gasteiger partial charge in [-0.25, -0.2) is 17.2 Å². The number of nitrogen functional groups attached to an aromatic ring is 1. The number of hydrogen-bond acceptors (Lipinski definition) is 7. The number of aryl methyl sites for hydroxylation is 2. The Balaban J connectivity index is 1.56. The maximum absolute atomic E-state index is 13.4. The number of amides is 1. The molecule has 1 aliphatic heterocycles. The van der Waals surface area contributed by atoms with Crippen molar-refractivity contribution in [3.63, 3.8) is 0 Å². The Hall–Kier alpha value is -2.66. The van der Waals surface area contributed by atoms with E-state index in [1.165, 1.54) is 4.90 Å². The molecule has 152 valence electrons. The lowest BCUT2D eigenvalue weighted by atomic mass is 10.1. The van der Waals surface area contributed by atoms with E-state index in [2.05, 4.69) is 10.2 Å². The third-order valence-electron chi connectivity index (χ3n) is 5.12. The third-order valence-corrected chi connectivity index (χ3v) is 8.29. The highest BCUT2D eigenvalue weighted by Gasteiger charge is 2.42. The van der Waals surface area contributed by atoms with Crippen LogP contribution in [0.4, 0.5) is 14.5 Å². The first-order valence-corrected chi connectivity index (χ1v) is 11.0. The van der Waals surface area contributed by atoms with E-state index in [1.807, 2.05) is 6.92 Å². The van der Waals surface area contributed by atoms with E-state index in [4.69, 9.17) is 5.73 Å². The summed E-state index contributed by atoms with van der Waals surface area (Å²) in [5.41, 5.74) is 8.02. The van der Waals surface area contributed by atoms with Gasteiger partial charge in [0.15, 0.2) is 21.5 Å². The number of sulfone groups is 1. The summed E-state index contributed by atoms with van der Waals surface area (Å²) in [6.45, 7) is 3.52. The van der Waals surface area contributed by atoms with Gasteiger partial charge in [0.25, 0.3) is 5.91 Å². The highest BCUT2D eigenvalue weighted by Crippen LogP contribution is 2.37. The van der Waals surface area contributed by atoms with Crippen molar-refractivity contribution in [2.45, 2.75) is 24.0 Å². The van der Waals surface area contributed by atoms with Crippen LogP contribution in [0.5, 0.6) is 0 Å². The molecule has 1 aliphatic rings. The van der Waals surface area contributed by atoms with Gasteiger partial charge in [-0.05, 0) is 37.6 Å². The number of rotatable bonds is 3. The van der Waals surface area contributed by atoms with Gasteiger partial charge < -0.3 is 10.6 Å². The fourth-order valence-electron chi connectivity index (χ4n) is 3.19. The lowest BCUT2D eigenvalue weighted by Crippen LogP contribution is -2.56. The van der Waals surface area contributed by atoms with Crippen LogP contribution in [0, 0.1) is 25.5 Å². The minimum absolute atomic E-state index is 0.0580. The second-order valence-electron chi connectivity index (χ2n) is 6.89. The molecule has 0 aliphatic carbocycles. The Morgan fingerprint density at radius 2 is 1.90 bits per heavy atom. The quantitative estimate of drug-likeness (QED) is 0.630. The van der Waals surface area contributed by atoms with Crippen LogP contribution in [0.15, 0.2) is 23.1 Å². The topological polar surface area (TPSA) is 106 Å². The van der Waals surface area contributed by atoms with E-state index in [0.29, 0.717) is 27.7 Å². The summed E-state index contributed by atoms with van der Waals surface area (Å²) in [5, 5.41) is 7.89. The van der Waals surface area contributed by atoms with Gasteiger partial charge in [-0.15, -0.1) is 16.4 Å². The molecule has 2 N–H and O–H groups in total. The van der Waals surface area contributed by atoms with E-state index in [0.717, 1.165) is 29.0 Å². The van der Waals surface area contributed by atoms with Gasteiger partial charge >= 0.3 is 0 Å². The smallest absolute Gasteiger partial charge is 0.266 e. The number of halogens is 2. The van der Waals surface area contributed by atoms with Crippen LogP contribution in [-0.4, -0.2) is 47.8 Å². The molecule has 1 saturated heterocycles. The molecule has 1 amide bonds. The van der Waals surface area contributed by atoms with E-state index >= 15 is 0 Å². The number of fused-ring (bicyclic) bond motifs is 1. The van der Waals surface area contributed by atoms with Crippen molar-refractivity contribution in [1.82, 2.24) is 15.1 Å². The number of aromatic nitrogens is 2. The first-order chi connectivity index (χ1) is 13.6. The van der Waals surface area contributed by atoms with Gasteiger partial charge in [0, 0.05) is 18.5 Å². The van der Waals surface area contributed by atoms with Crippen LogP contribution in [0.2, 0.25) is 0 Å². The number of carbonyl (C=O) groups is 1. The van der Waals surface area contributed by atoms with Crippen molar-refractivity contribution in [2.75, 3.05) is 18.8 Å². The van der Waals surface area contributed by atoms with Crippen LogP contribution in [-0.2, 0) is 9.84 Å². The zero-order valence-electron chi connectivity index (χ0n) is 15.4. The van der Waals surface area contributed by atoms with Crippen LogP contribution in [0.25, 0.3) is 10.2 Å².